The predicted octanol–water partition coefficient (Wildman–Crippen LogP) is -6.27. The van der Waals surface area contributed by atoms with Crippen LogP contribution >= 0.6 is 93.9 Å². The van der Waals surface area contributed by atoms with Gasteiger partial charge in [0.05, 0.1) is 0 Å². The molecule has 2 aliphatic rings. The molecule has 0 atom stereocenters. The third-order valence-corrected chi connectivity index (χ3v) is 13.2. The number of phosphoric acid groups is 12. The van der Waals surface area contributed by atoms with Gasteiger partial charge in [-0.05, 0) is 0 Å². The first-order valence-corrected chi connectivity index (χ1v) is 34.4. The zero-order valence-electron chi connectivity index (χ0n) is 32.8. The standard InChI is InChI=1S/2C6H18O24P6/c2*7-31(8,9)25-1-2(26-32(10,11)12)4(28-34(16,17)18)6(30-36(22,23)24)5(29-35(19,20)21)3(1)27-33(13,14)15/h2*1-6H,(H2,7,8,9)(H2,10,11,12)(H2,13,14,15)(H2,16,17,18)(H2,19,20,21)(H2,22,23,24)/t1-,2-,3-,4+,5-,6-;. The Balaban J connectivity index is 0.000000720. The molecule has 0 aromatic carbocycles. The minimum atomic E-state index is -6.02. The van der Waals surface area contributed by atoms with Crippen LogP contribution in [0.4, 0.5) is 0 Å². The third-order valence-electron chi connectivity index (χ3n) is 6.99. The molecule has 72 heavy (non-hydrogen) atoms. The van der Waals surface area contributed by atoms with E-state index in [1.807, 2.05) is 0 Å². The van der Waals surface area contributed by atoms with Crippen LogP contribution in [-0.4, -0.2) is 191 Å². The molecule has 0 saturated heterocycles. The second-order valence-corrected chi connectivity index (χ2v) is 27.0. The highest BCUT2D eigenvalue weighted by atomic mass is 31.2. The normalized spacial score (nSPS) is 29.3. The number of phosphoric ester groups is 12. The van der Waals surface area contributed by atoms with Crippen LogP contribution in [0.5, 0.6) is 0 Å². The van der Waals surface area contributed by atoms with E-state index in [1.165, 1.54) is 0 Å². The lowest BCUT2D eigenvalue weighted by atomic mass is 9.85. The highest BCUT2D eigenvalue weighted by Crippen LogP contribution is 2.60. The van der Waals surface area contributed by atoms with E-state index in [1.54, 1.807) is 0 Å². The molecule has 60 heteroatoms. The Morgan fingerprint density at radius 2 is 0.181 bits per heavy atom. The second kappa shape index (κ2) is 25.0. The van der Waals surface area contributed by atoms with Crippen molar-refractivity contribution in [2.24, 2.45) is 0 Å². The molecule has 0 unspecified atom stereocenters. The van der Waals surface area contributed by atoms with E-state index in [2.05, 4.69) is 54.3 Å². The maximum atomic E-state index is 11.4. The SMILES string of the molecule is O=P(O)(O)OC1C(OP(=O)(O)O)C(OP(=O)(O)O)C(OP(=O)(O)O)C(OP(=O)(O)O)C1OP(=O)(O)O.O=P(O)(O)O[C@H]1[C@H](OP(=O)(O)O)[C@@H](OP(=O)(O)O)[C@H](OP(=O)(O)O)[C@@H](OP(=O)(O)O)[C@H]1OP(=O)(O)O. The third kappa shape index (κ3) is 29.5. The van der Waals surface area contributed by atoms with Gasteiger partial charge in [-0.2, -0.15) is 0 Å². The fraction of sp³-hybridized carbons (Fsp3) is 1.00. The number of hydrogen-bond donors (Lipinski definition) is 24. The molecule has 0 spiro atoms. The van der Waals surface area contributed by atoms with Crippen molar-refractivity contribution in [2.75, 3.05) is 0 Å². The molecule has 0 aliphatic heterocycles. The number of hydrogen-bond acceptors (Lipinski definition) is 24. The first kappa shape index (κ1) is 71.3. The van der Waals surface area contributed by atoms with E-state index in [-0.39, 0.29) is 0 Å². The molecule has 0 heterocycles. The van der Waals surface area contributed by atoms with E-state index in [0.717, 1.165) is 0 Å². The van der Waals surface area contributed by atoms with Crippen molar-refractivity contribution in [3.63, 3.8) is 0 Å². The summed E-state index contributed by atoms with van der Waals surface area (Å²) in [4.78, 5) is 219. The second-order valence-electron chi connectivity index (χ2n) is 12.7. The molecular weight excluding hydrogens is 1280 g/mol. The average Bonchev–Trinajstić information content (AvgIpc) is 3.01. The summed E-state index contributed by atoms with van der Waals surface area (Å²) in [7, 11) is -72.2. The van der Waals surface area contributed by atoms with Crippen molar-refractivity contribution in [3.8, 4) is 0 Å². The minimum absolute atomic E-state index is 3.14. The van der Waals surface area contributed by atoms with Crippen LogP contribution in [0.15, 0.2) is 0 Å². The lowest BCUT2D eigenvalue weighted by Gasteiger charge is -2.48. The monoisotopic (exact) mass is 1320 g/mol. The first-order chi connectivity index (χ1) is 31.1. The predicted molar refractivity (Wildman–Crippen MR) is 203 cm³/mol. The van der Waals surface area contributed by atoms with E-state index < -0.39 is 167 Å². The molecule has 48 nitrogen and oxygen atoms in total. The summed E-state index contributed by atoms with van der Waals surface area (Å²) < 4.78 is 186. The van der Waals surface area contributed by atoms with E-state index in [9.17, 15) is 54.8 Å². The van der Waals surface area contributed by atoms with Crippen LogP contribution in [0.1, 0.15) is 0 Å². The van der Waals surface area contributed by atoms with Crippen molar-refractivity contribution in [1.82, 2.24) is 0 Å². The Morgan fingerprint density at radius 1 is 0.139 bits per heavy atom. The van der Waals surface area contributed by atoms with Crippen molar-refractivity contribution in [3.05, 3.63) is 0 Å². The summed E-state index contributed by atoms with van der Waals surface area (Å²) in [5, 5.41) is 0. The molecule has 0 amide bonds. The quantitative estimate of drug-likeness (QED) is 0.0400. The Hall–Kier alpha value is 1.32. The van der Waals surface area contributed by atoms with Gasteiger partial charge >= 0.3 is 93.9 Å². The van der Waals surface area contributed by atoms with Crippen molar-refractivity contribution < 1.29 is 227 Å². The molecule has 0 radical (unpaired) electrons. The molecule has 2 saturated carbocycles. The summed E-state index contributed by atoms with van der Waals surface area (Å²) in [6.45, 7) is 0. The van der Waals surface area contributed by atoms with Gasteiger partial charge in [-0.1, -0.05) is 0 Å². The van der Waals surface area contributed by atoms with Crippen LogP contribution in [0.25, 0.3) is 0 Å². The summed E-state index contributed by atoms with van der Waals surface area (Å²) in [6.07, 6.45) is -37.7. The summed E-state index contributed by atoms with van der Waals surface area (Å²) in [6, 6.07) is 0. The van der Waals surface area contributed by atoms with Crippen LogP contribution < -0.4 is 0 Å². The molecule has 24 N–H and O–H groups in total. The molecule has 2 rings (SSSR count). The molecule has 432 valence electrons. The lowest BCUT2D eigenvalue weighted by Crippen LogP contribution is -2.66. The van der Waals surface area contributed by atoms with Gasteiger partial charge in [0.25, 0.3) is 0 Å². The highest BCUT2D eigenvalue weighted by Gasteiger charge is 2.64. The molecular formula is C12H36O48P12. The Morgan fingerprint density at radius 3 is 0.208 bits per heavy atom. The van der Waals surface area contributed by atoms with Crippen LogP contribution in [0, 0.1) is 0 Å². The fourth-order valence-corrected chi connectivity index (χ4v) is 12.3. The fourth-order valence-electron chi connectivity index (χ4n) is 5.59. The molecule has 2 fully saturated rings. The van der Waals surface area contributed by atoms with Crippen molar-refractivity contribution in [2.45, 2.75) is 73.2 Å². The maximum Gasteiger partial charge on any atom is 0.470 e. The maximum absolute atomic E-state index is 11.4. The minimum Gasteiger partial charge on any atom is -0.303 e. The Labute approximate surface area is 393 Å². The van der Waals surface area contributed by atoms with Crippen LogP contribution in [0.2, 0.25) is 0 Å². The molecule has 0 aromatic heterocycles. The van der Waals surface area contributed by atoms with Crippen molar-refractivity contribution >= 4 is 93.9 Å². The molecule has 0 aromatic rings. The molecule has 0 bridgehead atoms. The van der Waals surface area contributed by atoms with Gasteiger partial charge in [-0.3, -0.25) is 54.3 Å². The van der Waals surface area contributed by atoms with Gasteiger partial charge in [0.1, 0.15) is 73.2 Å². The zero-order valence-corrected chi connectivity index (χ0v) is 43.6. The Bertz CT molecular complexity index is 1800. The molecule has 2 aliphatic carbocycles. The van der Waals surface area contributed by atoms with E-state index in [4.69, 9.17) is 117 Å². The summed E-state index contributed by atoms with van der Waals surface area (Å²) >= 11 is 0. The smallest absolute Gasteiger partial charge is 0.303 e. The summed E-state index contributed by atoms with van der Waals surface area (Å²) in [5.41, 5.74) is 0. The lowest BCUT2D eigenvalue weighted by molar-refractivity contribution is -0.202. The Kier molecular flexibility index (Phi) is 24.8. The van der Waals surface area contributed by atoms with Gasteiger partial charge in [0.15, 0.2) is 0 Å². The van der Waals surface area contributed by atoms with Crippen molar-refractivity contribution in [1.29, 1.82) is 0 Å². The van der Waals surface area contributed by atoms with Crippen LogP contribution in [-0.2, 0) is 109 Å². The van der Waals surface area contributed by atoms with Gasteiger partial charge in [0.2, 0.25) is 0 Å². The van der Waals surface area contributed by atoms with Gasteiger partial charge in [-0.25, -0.2) is 54.8 Å². The summed E-state index contributed by atoms with van der Waals surface area (Å²) in [5.74, 6) is 0. The van der Waals surface area contributed by atoms with E-state index >= 15 is 0 Å². The topological polar surface area (TPSA) is 801 Å². The number of rotatable bonds is 24. The van der Waals surface area contributed by atoms with E-state index in [0.29, 0.717) is 0 Å². The van der Waals surface area contributed by atoms with Crippen LogP contribution in [0.3, 0.4) is 0 Å². The highest BCUT2D eigenvalue weighted by molar-refractivity contribution is 7.49. The van der Waals surface area contributed by atoms with Gasteiger partial charge in [0, 0.05) is 0 Å². The van der Waals surface area contributed by atoms with Gasteiger partial charge < -0.3 is 117 Å². The first-order valence-electron chi connectivity index (χ1n) is 16.0. The zero-order chi connectivity index (χ0) is 57.4. The van der Waals surface area contributed by atoms with Gasteiger partial charge in [-0.15, -0.1) is 0 Å². The largest absolute Gasteiger partial charge is 0.470 e. The average molecular weight is 1320 g/mol.